The van der Waals surface area contributed by atoms with Gasteiger partial charge < -0.3 is 20.9 Å². The van der Waals surface area contributed by atoms with E-state index >= 15 is 0 Å². The molecule has 1 fully saturated rings. The highest BCUT2D eigenvalue weighted by molar-refractivity contribution is 14.0. The number of carbonyl (C=O) groups is 1. The summed E-state index contributed by atoms with van der Waals surface area (Å²) in [6, 6.07) is 16.3. The molecule has 0 bridgehead atoms. The molecule has 0 radical (unpaired) electrons. The lowest BCUT2D eigenvalue weighted by atomic mass is 9.85. The topological polar surface area (TPSA) is 81.3 Å². The predicted octanol–water partition coefficient (Wildman–Crippen LogP) is 4.82. The molecule has 2 aromatic carbocycles. The summed E-state index contributed by atoms with van der Waals surface area (Å²) in [5, 5.41) is 11.0. The number of amides is 1. The molecule has 0 unspecified atom stereocenters. The Balaban J connectivity index is 0.00000289. The highest BCUT2D eigenvalue weighted by Crippen LogP contribution is 2.27. The van der Waals surface area contributed by atoms with Gasteiger partial charge in [-0.2, -0.15) is 0 Å². The molecule has 0 spiro atoms. The highest BCUT2D eigenvalue weighted by Gasteiger charge is 2.25. The van der Waals surface area contributed by atoms with E-state index in [0.717, 1.165) is 56.0 Å². The largest absolute Gasteiger partial charge is 0.361 e. The van der Waals surface area contributed by atoms with Gasteiger partial charge in [-0.25, -0.2) is 4.99 Å². The minimum Gasteiger partial charge on any atom is -0.361 e. The van der Waals surface area contributed by atoms with Crippen LogP contribution in [0.3, 0.4) is 0 Å². The van der Waals surface area contributed by atoms with Crippen LogP contribution in [0, 0.1) is 5.92 Å². The SMILES string of the molecule is CCNC(=NCc1cccc(NC(=O)C2CCC2)c1)NCCc1c[nH]c2ccccc12.I. The minimum atomic E-state index is 0. The molecule has 0 saturated heterocycles. The Labute approximate surface area is 206 Å². The standard InChI is InChI=1S/C25H31N5O.HI/c1-2-26-25(27-14-13-20-17-28-23-12-4-3-11-22(20)23)29-16-18-7-5-10-21(15-18)30-24(31)19-8-6-9-19;/h3-5,7,10-12,15,17,19,28H,2,6,8-9,13-14,16H2,1H3,(H,30,31)(H2,26,27,29);1H. The number of hydrogen-bond acceptors (Lipinski definition) is 2. The average Bonchev–Trinajstić information content (AvgIpc) is 3.14. The maximum atomic E-state index is 12.2. The van der Waals surface area contributed by atoms with Crippen molar-refractivity contribution in [2.24, 2.45) is 10.9 Å². The van der Waals surface area contributed by atoms with Gasteiger partial charge in [-0.3, -0.25) is 4.79 Å². The van der Waals surface area contributed by atoms with E-state index in [1.807, 2.05) is 30.3 Å². The molecule has 170 valence electrons. The number of nitrogens with one attached hydrogen (secondary N) is 4. The summed E-state index contributed by atoms with van der Waals surface area (Å²) in [6.07, 6.45) is 6.17. The van der Waals surface area contributed by atoms with Crippen molar-refractivity contribution in [3.63, 3.8) is 0 Å². The molecule has 0 atom stereocenters. The molecule has 1 aromatic heterocycles. The molecular weight excluding hydrogens is 513 g/mol. The fourth-order valence-electron chi connectivity index (χ4n) is 3.83. The molecule has 1 aliphatic rings. The van der Waals surface area contributed by atoms with Gasteiger partial charge >= 0.3 is 0 Å². The molecule has 1 aliphatic carbocycles. The van der Waals surface area contributed by atoms with E-state index in [9.17, 15) is 4.79 Å². The summed E-state index contributed by atoms with van der Waals surface area (Å²) >= 11 is 0. The summed E-state index contributed by atoms with van der Waals surface area (Å²) in [6.45, 7) is 4.21. The number of fused-ring (bicyclic) bond motifs is 1. The highest BCUT2D eigenvalue weighted by atomic mass is 127. The van der Waals surface area contributed by atoms with Crippen molar-refractivity contribution >= 4 is 52.4 Å². The maximum absolute atomic E-state index is 12.2. The summed E-state index contributed by atoms with van der Waals surface area (Å²) in [5.74, 6) is 1.12. The number of halogens is 1. The van der Waals surface area contributed by atoms with Crippen molar-refractivity contribution in [1.82, 2.24) is 15.6 Å². The molecule has 1 heterocycles. The van der Waals surface area contributed by atoms with Crippen LogP contribution in [-0.4, -0.2) is 29.9 Å². The molecule has 0 aliphatic heterocycles. The first-order valence-corrected chi connectivity index (χ1v) is 11.2. The Hall–Kier alpha value is -2.55. The summed E-state index contributed by atoms with van der Waals surface area (Å²) < 4.78 is 0. The van der Waals surface area contributed by atoms with Gasteiger partial charge in [-0.1, -0.05) is 36.8 Å². The van der Waals surface area contributed by atoms with Crippen LogP contribution in [0.5, 0.6) is 0 Å². The minimum absolute atomic E-state index is 0. The fourth-order valence-corrected chi connectivity index (χ4v) is 3.83. The van der Waals surface area contributed by atoms with Gasteiger partial charge in [0.1, 0.15) is 0 Å². The molecule has 3 aromatic rings. The van der Waals surface area contributed by atoms with Crippen molar-refractivity contribution < 1.29 is 4.79 Å². The summed E-state index contributed by atoms with van der Waals surface area (Å²) in [4.78, 5) is 20.2. The predicted molar refractivity (Wildman–Crippen MR) is 143 cm³/mol. The number of aromatic amines is 1. The van der Waals surface area contributed by atoms with Crippen LogP contribution < -0.4 is 16.0 Å². The number of H-pyrrole nitrogens is 1. The van der Waals surface area contributed by atoms with E-state index in [1.165, 1.54) is 16.5 Å². The molecule has 1 amide bonds. The number of rotatable bonds is 8. The fraction of sp³-hybridized carbons (Fsp3) is 0.360. The molecule has 32 heavy (non-hydrogen) atoms. The van der Waals surface area contributed by atoms with Gasteiger partial charge in [-0.05, 0) is 55.5 Å². The number of aliphatic imine (C=N–C) groups is 1. The van der Waals surface area contributed by atoms with Crippen LogP contribution in [-0.2, 0) is 17.8 Å². The van der Waals surface area contributed by atoms with E-state index in [0.29, 0.717) is 6.54 Å². The number of hydrogen-bond donors (Lipinski definition) is 4. The second kappa shape index (κ2) is 11.9. The zero-order valence-electron chi connectivity index (χ0n) is 18.5. The number of anilines is 1. The Morgan fingerprint density at radius 2 is 1.97 bits per heavy atom. The van der Waals surface area contributed by atoms with E-state index in [4.69, 9.17) is 4.99 Å². The van der Waals surface area contributed by atoms with Crippen LogP contribution in [0.1, 0.15) is 37.3 Å². The number of nitrogens with zero attached hydrogens (tertiary/aromatic N) is 1. The lowest BCUT2D eigenvalue weighted by Gasteiger charge is -2.24. The molecule has 6 nitrogen and oxygen atoms in total. The first kappa shape index (κ1) is 24.1. The average molecular weight is 545 g/mol. The van der Waals surface area contributed by atoms with Gasteiger partial charge in [0, 0.05) is 41.8 Å². The number of para-hydroxylation sites is 1. The molecule has 1 saturated carbocycles. The van der Waals surface area contributed by atoms with Gasteiger partial charge in [0.2, 0.25) is 5.91 Å². The second-order valence-corrected chi connectivity index (χ2v) is 8.05. The summed E-state index contributed by atoms with van der Waals surface area (Å²) in [5.41, 5.74) is 4.39. The van der Waals surface area contributed by atoms with Crippen molar-refractivity contribution in [3.05, 3.63) is 65.9 Å². The number of aromatic nitrogens is 1. The lowest BCUT2D eigenvalue weighted by Crippen LogP contribution is -2.38. The van der Waals surface area contributed by atoms with E-state index in [2.05, 4.69) is 52.3 Å². The Bertz CT molecular complexity index is 1060. The zero-order chi connectivity index (χ0) is 21.5. The smallest absolute Gasteiger partial charge is 0.227 e. The van der Waals surface area contributed by atoms with Gasteiger partial charge in [0.05, 0.1) is 6.54 Å². The van der Waals surface area contributed by atoms with E-state index < -0.39 is 0 Å². The Kier molecular flexibility index (Phi) is 8.96. The van der Waals surface area contributed by atoms with Crippen molar-refractivity contribution in [2.75, 3.05) is 18.4 Å². The summed E-state index contributed by atoms with van der Waals surface area (Å²) in [7, 11) is 0. The maximum Gasteiger partial charge on any atom is 0.227 e. The van der Waals surface area contributed by atoms with Crippen molar-refractivity contribution in [2.45, 2.75) is 39.2 Å². The van der Waals surface area contributed by atoms with E-state index in [-0.39, 0.29) is 35.8 Å². The second-order valence-electron chi connectivity index (χ2n) is 8.05. The van der Waals surface area contributed by atoms with Gasteiger partial charge in [0.15, 0.2) is 5.96 Å². The third-order valence-corrected chi connectivity index (χ3v) is 5.80. The van der Waals surface area contributed by atoms with E-state index in [1.54, 1.807) is 0 Å². The number of guanidine groups is 1. The van der Waals surface area contributed by atoms with Crippen LogP contribution in [0.25, 0.3) is 10.9 Å². The molecule has 7 heteroatoms. The Morgan fingerprint density at radius 3 is 2.75 bits per heavy atom. The number of carbonyl (C=O) groups excluding carboxylic acids is 1. The zero-order valence-corrected chi connectivity index (χ0v) is 20.8. The third kappa shape index (κ3) is 6.25. The lowest BCUT2D eigenvalue weighted by molar-refractivity contribution is -0.122. The first-order chi connectivity index (χ1) is 15.2. The van der Waals surface area contributed by atoms with Crippen molar-refractivity contribution in [3.8, 4) is 0 Å². The first-order valence-electron chi connectivity index (χ1n) is 11.2. The van der Waals surface area contributed by atoms with Crippen molar-refractivity contribution in [1.29, 1.82) is 0 Å². The molecule has 4 rings (SSSR count). The van der Waals surface area contributed by atoms with Crippen LogP contribution in [0.4, 0.5) is 5.69 Å². The van der Waals surface area contributed by atoms with Crippen LogP contribution in [0.2, 0.25) is 0 Å². The van der Waals surface area contributed by atoms with Crippen LogP contribution in [0.15, 0.2) is 59.7 Å². The molecular formula is C25H32IN5O. The third-order valence-electron chi connectivity index (χ3n) is 5.80. The quantitative estimate of drug-likeness (QED) is 0.186. The number of benzene rings is 2. The normalized spacial score (nSPS) is 13.8. The molecule has 4 N–H and O–H groups in total. The monoisotopic (exact) mass is 545 g/mol. The van der Waals surface area contributed by atoms with Gasteiger partial charge in [0.25, 0.3) is 0 Å². The van der Waals surface area contributed by atoms with Gasteiger partial charge in [-0.15, -0.1) is 24.0 Å². The Morgan fingerprint density at radius 1 is 1.12 bits per heavy atom. The van der Waals surface area contributed by atoms with Crippen LogP contribution >= 0.6 is 24.0 Å².